The van der Waals surface area contributed by atoms with Gasteiger partial charge in [0, 0.05) is 21.8 Å². The molecule has 0 saturated carbocycles. The van der Waals surface area contributed by atoms with Gasteiger partial charge in [0.25, 0.3) is 5.91 Å². The molecule has 1 saturated heterocycles. The standard InChI is InChI=1S/C12H13BrClNOS/c13-10-4-3-8(6-11(10)14)12(16)15-9-2-1-5-17-7-9/h3-4,6,9H,1-2,5,7H2,(H,15,16). The summed E-state index contributed by atoms with van der Waals surface area (Å²) < 4.78 is 0.809. The van der Waals surface area contributed by atoms with Gasteiger partial charge in [-0.1, -0.05) is 11.6 Å². The average molecular weight is 335 g/mol. The van der Waals surface area contributed by atoms with Gasteiger partial charge in [-0.05, 0) is 52.7 Å². The second-order valence-electron chi connectivity index (χ2n) is 4.02. The van der Waals surface area contributed by atoms with Gasteiger partial charge in [0.15, 0.2) is 0 Å². The van der Waals surface area contributed by atoms with Crippen molar-refractivity contribution in [2.45, 2.75) is 18.9 Å². The van der Waals surface area contributed by atoms with Crippen molar-refractivity contribution < 1.29 is 4.79 Å². The summed E-state index contributed by atoms with van der Waals surface area (Å²) in [6.45, 7) is 0. The number of halogens is 2. The minimum absolute atomic E-state index is 0.0353. The van der Waals surface area contributed by atoms with Gasteiger partial charge in [0.05, 0.1) is 5.02 Å². The predicted octanol–water partition coefficient (Wildman–Crippen LogP) is 3.73. The molecule has 0 radical (unpaired) electrons. The molecule has 5 heteroatoms. The molecule has 1 amide bonds. The highest BCUT2D eigenvalue weighted by atomic mass is 79.9. The Labute approximate surface area is 119 Å². The molecule has 0 aromatic heterocycles. The summed E-state index contributed by atoms with van der Waals surface area (Å²) in [7, 11) is 0. The highest BCUT2D eigenvalue weighted by Gasteiger charge is 2.17. The fraction of sp³-hybridized carbons (Fsp3) is 0.417. The Morgan fingerprint density at radius 2 is 2.35 bits per heavy atom. The Kier molecular flexibility index (Phi) is 4.77. The largest absolute Gasteiger partial charge is 0.348 e. The molecule has 1 aliphatic rings. The Hall–Kier alpha value is -0.190. The number of rotatable bonds is 2. The molecule has 1 unspecified atom stereocenters. The molecule has 0 spiro atoms. The first-order valence-corrected chi connectivity index (χ1v) is 7.83. The monoisotopic (exact) mass is 333 g/mol. The van der Waals surface area contributed by atoms with Gasteiger partial charge in [0.1, 0.15) is 0 Å². The highest BCUT2D eigenvalue weighted by molar-refractivity contribution is 9.10. The minimum Gasteiger partial charge on any atom is -0.348 e. The van der Waals surface area contributed by atoms with Crippen molar-refractivity contribution in [3.63, 3.8) is 0 Å². The molecule has 0 bridgehead atoms. The molecule has 2 rings (SSSR count). The molecule has 1 heterocycles. The number of nitrogens with one attached hydrogen (secondary N) is 1. The van der Waals surface area contributed by atoms with E-state index in [-0.39, 0.29) is 5.91 Å². The lowest BCUT2D eigenvalue weighted by molar-refractivity contribution is 0.0938. The number of benzene rings is 1. The van der Waals surface area contributed by atoms with Crippen molar-refractivity contribution in [3.05, 3.63) is 33.3 Å². The topological polar surface area (TPSA) is 29.1 Å². The van der Waals surface area contributed by atoms with Crippen LogP contribution in [0.25, 0.3) is 0 Å². The minimum atomic E-state index is -0.0353. The molecule has 92 valence electrons. The predicted molar refractivity (Wildman–Crippen MR) is 77.0 cm³/mol. The van der Waals surface area contributed by atoms with Crippen molar-refractivity contribution in [2.75, 3.05) is 11.5 Å². The van der Waals surface area contributed by atoms with Crippen molar-refractivity contribution in [1.29, 1.82) is 0 Å². The number of hydrogen-bond acceptors (Lipinski definition) is 2. The summed E-state index contributed by atoms with van der Waals surface area (Å²) >= 11 is 11.2. The summed E-state index contributed by atoms with van der Waals surface area (Å²) in [5.41, 5.74) is 0.619. The van der Waals surface area contributed by atoms with E-state index in [0.717, 1.165) is 16.6 Å². The molecule has 1 N–H and O–H groups in total. The van der Waals surface area contributed by atoms with Crippen LogP contribution in [0.15, 0.2) is 22.7 Å². The number of hydrogen-bond donors (Lipinski definition) is 1. The van der Waals surface area contributed by atoms with Crippen LogP contribution in [0.3, 0.4) is 0 Å². The van der Waals surface area contributed by atoms with Crippen LogP contribution < -0.4 is 5.32 Å². The third kappa shape index (κ3) is 3.63. The maximum Gasteiger partial charge on any atom is 0.251 e. The molecule has 1 aliphatic heterocycles. The average Bonchev–Trinajstić information content (AvgIpc) is 2.34. The van der Waals surface area contributed by atoms with Crippen LogP contribution in [0.4, 0.5) is 0 Å². The molecule has 0 aliphatic carbocycles. The summed E-state index contributed by atoms with van der Waals surface area (Å²) in [5.74, 6) is 2.18. The Bertz CT molecular complexity index is 421. The molecular weight excluding hydrogens is 322 g/mol. The zero-order chi connectivity index (χ0) is 12.3. The molecule has 17 heavy (non-hydrogen) atoms. The first-order valence-electron chi connectivity index (χ1n) is 5.50. The van der Waals surface area contributed by atoms with Crippen LogP contribution in [-0.2, 0) is 0 Å². The van der Waals surface area contributed by atoms with E-state index >= 15 is 0 Å². The maximum absolute atomic E-state index is 12.0. The van der Waals surface area contributed by atoms with Gasteiger partial charge in [-0.2, -0.15) is 11.8 Å². The van der Waals surface area contributed by atoms with Crippen LogP contribution in [0, 0.1) is 0 Å². The molecule has 1 aromatic rings. The van der Waals surface area contributed by atoms with E-state index in [1.165, 1.54) is 12.2 Å². The van der Waals surface area contributed by atoms with E-state index in [1.54, 1.807) is 18.2 Å². The van der Waals surface area contributed by atoms with Gasteiger partial charge < -0.3 is 5.32 Å². The summed E-state index contributed by atoms with van der Waals surface area (Å²) in [5, 5.41) is 3.61. The van der Waals surface area contributed by atoms with Crippen LogP contribution >= 0.6 is 39.3 Å². The van der Waals surface area contributed by atoms with Crippen molar-refractivity contribution in [2.24, 2.45) is 0 Å². The van der Waals surface area contributed by atoms with E-state index in [1.807, 2.05) is 11.8 Å². The Balaban J connectivity index is 2.01. The maximum atomic E-state index is 12.0. The van der Waals surface area contributed by atoms with Gasteiger partial charge in [-0.25, -0.2) is 0 Å². The van der Waals surface area contributed by atoms with Crippen LogP contribution in [-0.4, -0.2) is 23.5 Å². The molecule has 1 fully saturated rings. The lowest BCUT2D eigenvalue weighted by Crippen LogP contribution is -2.38. The smallest absolute Gasteiger partial charge is 0.251 e. The summed E-state index contributed by atoms with van der Waals surface area (Å²) in [6, 6.07) is 5.56. The third-order valence-electron chi connectivity index (χ3n) is 2.68. The van der Waals surface area contributed by atoms with Crippen molar-refractivity contribution in [1.82, 2.24) is 5.32 Å². The molecule has 2 nitrogen and oxygen atoms in total. The number of amides is 1. The fourth-order valence-corrected chi connectivity index (χ4v) is 3.26. The van der Waals surface area contributed by atoms with Gasteiger partial charge in [-0.3, -0.25) is 4.79 Å². The molecular formula is C12H13BrClNOS. The van der Waals surface area contributed by atoms with Crippen molar-refractivity contribution in [3.8, 4) is 0 Å². The van der Waals surface area contributed by atoms with Gasteiger partial charge >= 0.3 is 0 Å². The lowest BCUT2D eigenvalue weighted by Gasteiger charge is -2.22. The van der Waals surface area contributed by atoms with Crippen LogP contribution in [0.1, 0.15) is 23.2 Å². The molecule has 1 atom stereocenters. The van der Waals surface area contributed by atoms with E-state index in [9.17, 15) is 4.79 Å². The summed E-state index contributed by atoms with van der Waals surface area (Å²) in [6.07, 6.45) is 2.25. The zero-order valence-corrected chi connectivity index (χ0v) is 12.4. The second kappa shape index (κ2) is 6.12. The normalized spacial score (nSPS) is 20.0. The lowest BCUT2D eigenvalue weighted by atomic mass is 10.1. The Morgan fingerprint density at radius 3 is 3.00 bits per heavy atom. The number of thioether (sulfide) groups is 1. The second-order valence-corrected chi connectivity index (χ2v) is 6.43. The molecule has 1 aromatic carbocycles. The Morgan fingerprint density at radius 1 is 1.53 bits per heavy atom. The summed E-state index contributed by atoms with van der Waals surface area (Å²) in [4.78, 5) is 12.0. The van der Waals surface area contributed by atoms with Crippen LogP contribution in [0.5, 0.6) is 0 Å². The fourth-order valence-electron chi connectivity index (χ4n) is 1.76. The van der Waals surface area contributed by atoms with Gasteiger partial charge in [0.2, 0.25) is 0 Å². The first kappa shape index (κ1) is 13.2. The third-order valence-corrected chi connectivity index (χ3v) is 5.13. The van der Waals surface area contributed by atoms with E-state index < -0.39 is 0 Å². The first-order chi connectivity index (χ1) is 8.16. The van der Waals surface area contributed by atoms with Crippen LogP contribution in [0.2, 0.25) is 5.02 Å². The quantitative estimate of drug-likeness (QED) is 0.893. The number of carbonyl (C=O) groups is 1. The van der Waals surface area contributed by atoms with E-state index in [4.69, 9.17) is 11.6 Å². The van der Waals surface area contributed by atoms with E-state index in [0.29, 0.717) is 16.6 Å². The zero-order valence-electron chi connectivity index (χ0n) is 9.21. The van der Waals surface area contributed by atoms with E-state index in [2.05, 4.69) is 21.2 Å². The van der Waals surface area contributed by atoms with Crippen molar-refractivity contribution >= 4 is 45.2 Å². The SMILES string of the molecule is O=C(NC1CCCSC1)c1ccc(Br)c(Cl)c1. The number of carbonyl (C=O) groups excluding carboxylic acids is 1. The highest BCUT2D eigenvalue weighted by Crippen LogP contribution is 2.23. The van der Waals surface area contributed by atoms with Gasteiger partial charge in [-0.15, -0.1) is 0 Å².